The number of aromatic nitrogens is 2. The molecule has 0 fully saturated rings. The number of methoxy groups -OCH3 is 1. The Balaban J connectivity index is 2.25. The van der Waals surface area contributed by atoms with Gasteiger partial charge in [-0.25, -0.2) is 9.59 Å². The Hall–Kier alpha value is -3.16. The summed E-state index contributed by atoms with van der Waals surface area (Å²) in [6.07, 6.45) is 2.23. The summed E-state index contributed by atoms with van der Waals surface area (Å²) in [4.78, 5) is 43.4. The fourth-order valence-electron chi connectivity index (χ4n) is 3.34. The summed E-state index contributed by atoms with van der Waals surface area (Å²) in [5.74, 6) is -0.721. The first kappa shape index (κ1) is 22.1. The minimum Gasteiger partial charge on any atom is -0.464 e. The Morgan fingerprint density at radius 1 is 1.24 bits per heavy atom. The number of urea groups is 1. The highest BCUT2D eigenvalue weighted by atomic mass is 16.5. The van der Waals surface area contributed by atoms with E-state index in [2.05, 4.69) is 10.3 Å². The number of nitrogens with one attached hydrogen (secondary N) is 1. The molecule has 8 heteroatoms. The van der Waals surface area contributed by atoms with Gasteiger partial charge in [-0.2, -0.15) is 0 Å². The van der Waals surface area contributed by atoms with Crippen molar-refractivity contribution < 1.29 is 19.1 Å². The second-order valence-electron chi connectivity index (χ2n) is 6.74. The number of ether oxygens (including phenoxy) is 1. The number of esters is 1. The van der Waals surface area contributed by atoms with E-state index in [0.29, 0.717) is 42.0 Å². The van der Waals surface area contributed by atoms with Crippen LogP contribution in [0.5, 0.6) is 0 Å². The predicted octanol–water partition coefficient (Wildman–Crippen LogP) is 2.28. The standard InChI is InChI=1S/C21H28N4O4/c1-6-22-21(28)25(12-10-16-9-7-8-11-23-16)13-17(26)18-14(2)19(20(27)29-5)24(4)15(18)3/h7-9,11H,6,10,12-13H2,1-5H3,(H,22,28). The summed E-state index contributed by atoms with van der Waals surface area (Å²) in [5.41, 5.74) is 2.84. The number of carbonyl (C=O) groups excluding carboxylic acids is 3. The zero-order chi connectivity index (χ0) is 21.6. The number of nitrogens with zero attached hydrogens (tertiary/aromatic N) is 3. The minimum atomic E-state index is -0.497. The maximum Gasteiger partial charge on any atom is 0.354 e. The molecule has 2 rings (SSSR count). The fourth-order valence-corrected chi connectivity index (χ4v) is 3.34. The highest BCUT2D eigenvalue weighted by Crippen LogP contribution is 2.22. The number of Topliss-reactive ketones (excluding diaryl/α,β-unsaturated/α-hetero) is 1. The van der Waals surface area contributed by atoms with Crippen LogP contribution in [0.4, 0.5) is 4.79 Å². The smallest absolute Gasteiger partial charge is 0.354 e. The molecule has 0 aliphatic heterocycles. The van der Waals surface area contributed by atoms with Crippen molar-refractivity contribution in [2.24, 2.45) is 7.05 Å². The summed E-state index contributed by atoms with van der Waals surface area (Å²) < 4.78 is 6.48. The molecule has 0 saturated carbocycles. The van der Waals surface area contributed by atoms with E-state index >= 15 is 0 Å². The first-order chi connectivity index (χ1) is 13.8. The molecular weight excluding hydrogens is 372 g/mol. The van der Waals surface area contributed by atoms with Crippen molar-refractivity contribution in [3.63, 3.8) is 0 Å². The average Bonchev–Trinajstić information content (AvgIpc) is 2.94. The quantitative estimate of drug-likeness (QED) is 0.542. The number of amides is 2. The molecule has 0 bridgehead atoms. The van der Waals surface area contributed by atoms with Gasteiger partial charge in [0, 0.05) is 49.7 Å². The number of pyridine rings is 1. The molecule has 0 saturated heterocycles. The highest BCUT2D eigenvalue weighted by molar-refractivity contribution is 6.04. The SMILES string of the molecule is CCNC(=O)N(CCc1ccccn1)CC(=O)c1c(C)c(C(=O)OC)n(C)c1C. The largest absolute Gasteiger partial charge is 0.464 e. The van der Waals surface area contributed by atoms with Gasteiger partial charge in [0.1, 0.15) is 5.69 Å². The van der Waals surface area contributed by atoms with Gasteiger partial charge in [0.2, 0.25) is 0 Å². The maximum atomic E-state index is 13.1. The van der Waals surface area contributed by atoms with Gasteiger partial charge in [0.15, 0.2) is 5.78 Å². The molecule has 2 heterocycles. The van der Waals surface area contributed by atoms with E-state index < -0.39 is 5.97 Å². The van der Waals surface area contributed by atoms with Crippen molar-refractivity contribution in [3.05, 3.63) is 52.6 Å². The van der Waals surface area contributed by atoms with Crippen LogP contribution in [0.2, 0.25) is 0 Å². The lowest BCUT2D eigenvalue weighted by atomic mass is 10.1. The molecule has 0 spiro atoms. The Kier molecular flexibility index (Phi) is 7.52. The molecule has 0 radical (unpaired) electrons. The molecule has 2 aromatic rings. The van der Waals surface area contributed by atoms with E-state index in [1.807, 2.05) is 25.1 Å². The lowest BCUT2D eigenvalue weighted by Gasteiger charge is -2.22. The van der Waals surface area contributed by atoms with Crippen molar-refractivity contribution in [1.29, 1.82) is 0 Å². The molecule has 29 heavy (non-hydrogen) atoms. The molecule has 0 aliphatic rings. The minimum absolute atomic E-state index is 0.0923. The van der Waals surface area contributed by atoms with Crippen molar-refractivity contribution in [1.82, 2.24) is 19.8 Å². The number of rotatable bonds is 8. The van der Waals surface area contributed by atoms with E-state index in [0.717, 1.165) is 5.69 Å². The lowest BCUT2D eigenvalue weighted by molar-refractivity contribution is 0.0588. The third-order valence-corrected chi connectivity index (χ3v) is 4.90. The second kappa shape index (κ2) is 9.86. The van der Waals surface area contributed by atoms with E-state index in [1.165, 1.54) is 12.0 Å². The molecule has 2 aromatic heterocycles. The molecule has 0 atom stereocenters. The van der Waals surface area contributed by atoms with Crippen LogP contribution in [-0.4, -0.2) is 59.0 Å². The lowest BCUT2D eigenvalue weighted by Crippen LogP contribution is -2.44. The number of hydrogen-bond acceptors (Lipinski definition) is 5. The molecule has 8 nitrogen and oxygen atoms in total. The van der Waals surface area contributed by atoms with Crippen molar-refractivity contribution in [2.75, 3.05) is 26.7 Å². The summed E-state index contributed by atoms with van der Waals surface area (Å²) >= 11 is 0. The molecule has 156 valence electrons. The summed E-state index contributed by atoms with van der Waals surface area (Å²) in [7, 11) is 3.02. The Morgan fingerprint density at radius 3 is 2.55 bits per heavy atom. The van der Waals surface area contributed by atoms with Crippen LogP contribution >= 0.6 is 0 Å². The van der Waals surface area contributed by atoms with Crippen molar-refractivity contribution >= 4 is 17.8 Å². The molecule has 0 aromatic carbocycles. The van der Waals surface area contributed by atoms with E-state index in [9.17, 15) is 14.4 Å². The summed E-state index contributed by atoms with van der Waals surface area (Å²) in [6, 6.07) is 5.28. The van der Waals surface area contributed by atoms with Gasteiger partial charge in [-0.05, 0) is 38.5 Å². The second-order valence-corrected chi connectivity index (χ2v) is 6.74. The molecule has 1 N–H and O–H groups in total. The summed E-state index contributed by atoms with van der Waals surface area (Å²) in [5, 5.41) is 2.75. The maximum absolute atomic E-state index is 13.1. The van der Waals surface area contributed by atoms with Crippen LogP contribution in [-0.2, 0) is 18.2 Å². The van der Waals surface area contributed by atoms with Crippen LogP contribution in [0.1, 0.15) is 44.7 Å². The van der Waals surface area contributed by atoms with Gasteiger partial charge < -0.3 is 19.5 Å². The van der Waals surface area contributed by atoms with Crippen LogP contribution in [0.3, 0.4) is 0 Å². The molecule has 2 amide bonds. The van der Waals surface area contributed by atoms with Crippen LogP contribution in [0.15, 0.2) is 24.4 Å². The van der Waals surface area contributed by atoms with Crippen LogP contribution < -0.4 is 5.32 Å². The van der Waals surface area contributed by atoms with Gasteiger partial charge in [-0.3, -0.25) is 9.78 Å². The number of carbonyl (C=O) groups is 3. The predicted molar refractivity (Wildman–Crippen MR) is 109 cm³/mol. The fraction of sp³-hybridized carbons (Fsp3) is 0.429. The number of hydrogen-bond donors (Lipinski definition) is 1. The molecular formula is C21H28N4O4. The van der Waals surface area contributed by atoms with Gasteiger partial charge >= 0.3 is 12.0 Å². The van der Waals surface area contributed by atoms with Gasteiger partial charge in [-0.15, -0.1) is 0 Å². The van der Waals surface area contributed by atoms with Crippen LogP contribution in [0.25, 0.3) is 0 Å². The Bertz CT molecular complexity index is 890. The van der Waals surface area contributed by atoms with E-state index in [-0.39, 0.29) is 18.4 Å². The topological polar surface area (TPSA) is 93.5 Å². The van der Waals surface area contributed by atoms with Crippen molar-refractivity contribution in [3.8, 4) is 0 Å². The molecule has 0 aliphatic carbocycles. The normalized spacial score (nSPS) is 10.5. The third-order valence-electron chi connectivity index (χ3n) is 4.90. The Labute approximate surface area is 170 Å². The van der Waals surface area contributed by atoms with Gasteiger partial charge in [-0.1, -0.05) is 6.07 Å². The van der Waals surface area contributed by atoms with Crippen molar-refractivity contribution in [2.45, 2.75) is 27.2 Å². The third kappa shape index (κ3) is 5.01. The molecule has 0 unspecified atom stereocenters. The van der Waals surface area contributed by atoms with Crippen LogP contribution in [0, 0.1) is 13.8 Å². The monoisotopic (exact) mass is 400 g/mol. The van der Waals surface area contributed by atoms with Gasteiger partial charge in [0.25, 0.3) is 0 Å². The Morgan fingerprint density at radius 2 is 1.97 bits per heavy atom. The zero-order valence-electron chi connectivity index (χ0n) is 17.6. The first-order valence-corrected chi connectivity index (χ1v) is 9.51. The first-order valence-electron chi connectivity index (χ1n) is 9.51. The zero-order valence-corrected chi connectivity index (χ0v) is 17.6. The number of ketones is 1. The van der Waals surface area contributed by atoms with E-state index in [4.69, 9.17) is 4.74 Å². The van der Waals surface area contributed by atoms with E-state index in [1.54, 1.807) is 31.7 Å². The average molecular weight is 400 g/mol. The van der Waals surface area contributed by atoms with Gasteiger partial charge in [0.05, 0.1) is 13.7 Å². The highest BCUT2D eigenvalue weighted by Gasteiger charge is 2.27. The summed E-state index contributed by atoms with van der Waals surface area (Å²) in [6.45, 7) is 6.04.